The van der Waals surface area contributed by atoms with E-state index < -0.39 is 0 Å². The van der Waals surface area contributed by atoms with Crippen LogP contribution in [0.2, 0.25) is 0 Å². The maximum atomic E-state index is 6.10. The first-order chi connectivity index (χ1) is 11.2. The van der Waals surface area contributed by atoms with E-state index in [1.807, 2.05) is 68.5 Å². The van der Waals surface area contributed by atoms with E-state index >= 15 is 0 Å². The lowest BCUT2D eigenvalue weighted by atomic mass is 10.1. The van der Waals surface area contributed by atoms with Gasteiger partial charge in [-0.15, -0.1) is 0 Å². The average Bonchev–Trinajstić information content (AvgIpc) is 3.00. The molecular weight excluding hydrogens is 288 g/mol. The highest BCUT2D eigenvalue weighted by molar-refractivity contribution is 5.90. The predicted octanol–water partition coefficient (Wildman–Crippen LogP) is 5.54. The van der Waals surface area contributed by atoms with Gasteiger partial charge >= 0.3 is 0 Å². The Bertz CT molecular complexity index is 826. The van der Waals surface area contributed by atoms with Crippen molar-refractivity contribution < 1.29 is 13.9 Å². The number of hydrogen-bond donors (Lipinski definition) is 0. The molecular formula is C20H20O3. The first-order valence-electron chi connectivity index (χ1n) is 7.72. The molecule has 0 atom stereocenters. The molecule has 0 radical (unpaired) electrons. The average molecular weight is 308 g/mol. The van der Waals surface area contributed by atoms with Gasteiger partial charge in [-0.3, -0.25) is 0 Å². The molecule has 1 heterocycles. The molecule has 0 aliphatic rings. The van der Waals surface area contributed by atoms with Crippen LogP contribution >= 0.6 is 0 Å². The summed E-state index contributed by atoms with van der Waals surface area (Å²) in [7, 11) is 1.66. The van der Waals surface area contributed by atoms with Crippen LogP contribution in [0.1, 0.15) is 19.4 Å². The number of rotatable bonds is 5. The van der Waals surface area contributed by atoms with Crippen molar-refractivity contribution >= 4 is 17.0 Å². The second-order valence-corrected chi connectivity index (χ2v) is 5.20. The third kappa shape index (κ3) is 3.09. The lowest BCUT2D eigenvalue weighted by Crippen LogP contribution is -1.91. The Morgan fingerprint density at radius 1 is 1.04 bits per heavy atom. The molecule has 0 amide bonds. The molecule has 3 rings (SSSR count). The molecule has 0 fully saturated rings. The van der Waals surface area contributed by atoms with E-state index in [0.717, 1.165) is 39.4 Å². The molecule has 0 aliphatic heterocycles. The number of benzene rings is 2. The monoisotopic (exact) mass is 308 g/mol. The first-order valence-corrected chi connectivity index (χ1v) is 7.72. The van der Waals surface area contributed by atoms with Gasteiger partial charge < -0.3 is 13.9 Å². The smallest absolute Gasteiger partial charge is 0.142 e. The van der Waals surface area contributed by atoms with Crippen LogP contribution in [0.15, 0.2) is 53.0 Å². The topological polar surface area (TPSA) is 31.6 Å². The number of furan rings is 1. The van der Waals surface area contributed by atoms with Crippen molar-refractivity contribution in [3.63, 3.8) is 0 Å². The van der Waals surface area contributed by atoms with Gasteiger partial charge in [0.05, 0.1) is 13.7 Å². The van der Waals surface area contributed by atoms with E-state index in [1.54, 1.807) is 7.11 Å². The highest BCUT2D eigenvalue weighted by Gasteiger charge is 2.11. The van der Waals surface area contributed by atoms with Crippen LogP contribution in [-0.4, -0.2) is 13.7 Å². The molecule has 0 aliphatic carbocycles. The zero-order valence-electron chi connectivity index (χ0n) is 13.6. The number of methoxy groups -OCH3 is 1. The third-order valence-corrected chi connectivity index (χ3v) is 3.65. The lowest BCUT2D eigenvalue weighted by molar-refractivity contribution is 0.340. The molecule has 118 valence electrons. The summed E-state index contributed by atoms with van der Waals surface area (Å²) in [5, 5.41) is 1.04. The van der Waals surface area contributed by atoms with E-state index in [0.29, 0.717) is 6.61 Å². The Morgan fingerprint density at radius 3 is 2.48 bits per heavy atom. The van der Waals surface area contributed by atoms with Gasteiger partial charge in [-0.05, 0) is 56.3 Å². The summed E-state index contributed by atoms with van der Waals surface area (Å²) < 4.78 is 17.0. The zero-order chi connectivity index (χ0) is 16.2. The molecule has 23 heavy (non-hydrogen) atoms. The predicted molar refractivity (Wildman–Crippen MR) is 94.1 cm³/mol. The highest BCUT2D eigenvalue weighted by Crippen LogP contribution is 2.34. The first kappa shape index (κ1) is 15.2. The summed E-state index contributed by atoms with van der Waals surface area (Å²) in [5.74, 6) is 2.52. The Labute approximate surface area is 136 Å². The largest absolute Gasteiger partial charge is 0.497 e. The fourth-order valence-electron chi connectivity index (χ4n) is 2.60. The van der Waals surface area contributed by atoms with Crippen molar-refractivity contribution in [3.05, 3.63) is 54.1 Å². The summed E-state index contributed by atoms with van der Waals surface area (Å²) in [6.07, 6.45) is 4.03. The molecule has 2 aromatic carbocycles. The Balaban J connectivity index is 2.10. The summed E-state index contributed by atoms with van der Waals surface area (Å²) in [6, 6.07) is 13.9. The van der Waals surface area contributed by atoms with Crippen LogP contribution in [0.5, 0.6) is 11.5 Å². The van der Waals surface area contributed by atoms with Crippen molar-refractivity contribution in [2.24, 2.45) is 0 Å². The van der Waals surface area contributed by atoms with Gasteiger partial charge in [-0.1, -0.05) is 12.2 Å². The number of allylic oxidation sites excluding steroid dienone is 1. The van der Waals surface area contributed by atoms with Crippen molar-refractivity contribution in [2.45, 2.75) is 13.8 Å². The number of fused-ring (bicyclic) bond motifs is 1. The molecule has 3 aromatic rings. The second-order valence-electron chi connectivity index (χ2n) is 5.20. The fraction of sp³-hybridized carbons (Fsp3) is 0.200. The van der Waals surface area contributed by atoms with E-state index in [2.05, 4.69) is 0 Å². The second kappa shape index (κ2) is 6.61. The van der Waals surface area contributed by atoms with Crippen LogP contribution < -0.4 is 9.47 Å². The SMILES string of the molecule is CC=Cc1cc(OCC)cc2cc(-c3ccc(OC)cc3)oc12. The molecule has 0 spiro atoms. The normalized spacial score (nSPS) is 11.3. The minimum atomic E-state index is 0.643. The van der Waals surface area contributed by atoms with Gasteiger partial charge in [0, 0.05) is 16.5 Å². The van der Waals surface area contributed by atoms with E-state index in [4.69, 9.17) is 13.9 Å². The quantitative estimate of drug-likeness (QED) is 0.620. The molecule has 0 bridgehead atoms. The van der Waals surface area contributed by atoms with E-state index in [-0.39, 0.29) is 0 Å². The Hall–Kier alpha value is -2.68. The standard InChI is InChI=1S/C20H20O3/c1-4-6-15-11-18(22-5-2)12-16-13-19(23-20(15)16)14-7-9-17(21-3)10-8-14/h4,6-13H,5H2,1-3H3. The molecule has 0 N–H and O–H groups in total. The highest BCUT2D eigenvalue weighted by atomic mass is 16.5. The van der Waals surface area contributed by atoms with Crippen molar-refractivity contribution in [3.8, 4) is 22.8 Å². The van der Waals surface area contributed by atoms with Crippen LogP contribution in [0.3, 0.4) is 0 Å². The third-order valence-electron chi connectivity index (χ3n) is 3.65. The van der Waals surface area contributed by atoms with Crippen LogP contribution in [-0.2, 0) is 0 Å². The van der Waals surface area contributed by atoms with Crippen molar-refractivity contribution in [1.82, 2.24) is 0 Å². The van der Waals surface area contributed by atoms with Crippen LogP contribution in [0, 0.1) is 0 Å². The Morgan fingerprint density at radius 2 is 1.83 bits per heavy atom. The number of hydrogen-bond acceptors (Lipinski definition) is 3. The fourth-order valence-corrected chi connectivity index (χ4v) is 2.60. The summed E-state index contributed by atoms with van der Waals surface area (Å²) >= 11 is 0. The molecule has 3 heteroatoms. The summed E-state index contributed by atoms with van der Waals surface area (Å²) in [5.41, 5.74) is 2.91. The molecule has 1 aromatic heterocycles. The van der Waals surface area contributed by atoms with Crippen LogP contribution in [0.25, 0.3) is 28.4 Å². The minimum Gasteiger partial charge on any atom is -0.497 e. The van der Waals surface area contributed by atoms with Crippen molar-refractivity contribution in [1.29, 1.82) is 0 Å². The van der Waals surface area contributed by atoms with Crippen molar-refractivity contribution in [2.75, 3.05) is 13.7 Å². The summed E-state index contributed by atoms with van der Waals surface area (Å²) in [4.78, 5) is 0. The minimum absolute atomic E-state index is 0.643. The Kier molecular flexibility index (Phi) is 4.38. The maximum absolute atomic E-state index is 6.10. The summed E-state index contributed by atoms with van der Waals surface area (Å²) in [6.45, 7) is 4.62. The molecule has 0 unspecified atom stereocenters. The van der Waals surface area contributed by atoms with E-state index in [1.165, 1.54) is 0 Å². The molecule has 0 saturated carbocycles. The van der Waals surface area contributed by atoms with Gasteiger partial charge in [0.2, 0.25) is 0 Å². The lowest BCUT2D eigenvalue weighted by Gasteiger charge is -2.04. The maximum Gasteiger partial charge on any atom is 0.142 e. The van der Waals surface area contributed by atoms with E-state index in [9.17, 15) is 0 Å². The van der Waals surface area contributed by atoms with Gasteiger partial charge in [0.15, 0.2) is 0 Å². The van der Waals surface area contributed by atoms with Crippen LogP contribution in [0.4, 0.5) is 0 Å². The number of ether oxygens (including phenoxy) is 2. The molecule has 0 saturated heterocycles. The molecule has 3 nitrogen and oxygen atoms in total. The zero-order valence-corrected chi connectivity index (χ0v) is 13.6. The van der Waals surface area contributed by atoms with Gasteiger partial charge in [-0.2, -0.15) is 0 Å². The van der Waals surface area contributed by atoms with Gasteiger partial charge in [0.25, 0.3) is 0 Å². The van der Waals surface area contributed by atoms with Gasteiger partial charge in [-0.25, -0.2) is 0 Å². The van der Waals surface area contributed by atoms with Gasteiger partial charge in [0.1, 0.15) is 22.8 Å².